The molecule has 0 saturated carbocycles. The van der Waals surface area contributed by atoms with Crippen molar-refractivity contribution in [1.29, 1.82) is 0 Å². The smallest absolute Gasteiger partial charge is 0.308 e. The molecule has 0 spiro atoms. The summed E-state index contributed by atoms with van der Waals surface area (Å²) in [4.78, 5) is 22.9. The van der Waals surface area contributed by atoms with Gasteiger partial charge in [0, 0.05) is 19.2 Å². The van der Waals surface area contributed by atoms with Crippen LogP contribution in [0.3, 0.4) is 0 Å². The van der Waals surface area contributed by atoms with Gasteiger partial charge in [0.05, 0.1) is 18.7 Å². The van der Waals surface area contributed by atoms with Crippen LogP contribution >= 0.6 is 8.15 Å². The lowest BCUT2D eigenvalue weighted by Crippen LogP contribution is -2.15. The number of aryl methyl sites for hydroxylation is 1. The Morgan fingerprint density at radius 2 is 1.13 bits per heavy atom. The number of hydrogen-bond acceptors (Lipinski definition) is 7. The number of hydrogen-bond donors (Lipinski definition) is 0. The van der Waals surface area contributed by atoms with E-state index in [1.165, 1.54) is 26.0 Å². The molecular weight excluding hydrogens is 535 g/mol. The third-order valence-corrected chi connectivity index (χ3v) is 9.80. The largest absolute Gasteiger partial charge is 0.427 e. The van der Waals surface area contributed by atoms with Crippen LogP contribution in [0.5, 0.6) is 11.5 Å². The van der Waals surface area contributed by atoms with Crippen LogP contribution in [0.4, 0.5) is 0 Å². The Hall–Kier alpha value is -3.84. The molecule has 0 radical (unpaired) electrons. The molecule has 0 N–H and O–H groups in total. The third kappa shape index (κ3) is 7.39. The minimum Gasteiger partial charge on any atom is -0.427 e. The molecule has 4 rings (SSSR count). The SMILES string of the molecule is CC(=O)Oc1ccc(C(c2ccc(OC(C)=O)cc2)P(OS(=O)(=O)c2ccc(C)cc2)c2ccccc2)cc1. The number of carbonyl (C=O) groups is 2. The highest BCUT2D eigenvalue weighted by molar-refractivity contribution is 7.92. The van der Waals surface area contributed by atoms with Gasteiger partial charge in [-0.25, -0.2) is 3.97 Å². The van der Waals surface area contributed by atoms with Crippen LogP contribution in [0.25, 0.3) is 0 Å². The monoisotopic (exact) mass is 562 g/mol. The van der Waals surface area contributed by atoms with Crippen molar-refractivity contribution in [3.8, 4) is 11.5 Å². The van der Waals surface area contributed by atoms with Gasteiger partial charge in [-0.05, 0) is 54.4 Å². The molecule has 0 fully saturated rings. The summed E-state index contributed by atoms with van der Waals surface area (Å²) in [7, 11) is -5.99. The fourth-order valence-electron chi connectivity index (χ4n) is 3.90. The lowest BCUT2D eigenvalue weighted by atomic mass is 10.0. The number of esters is 2. The van der Waals surface area contributed by atoms with Gasteiger partial charge in [0.25, 0.3) is 10.1 Å². The highest BCUT2D eigenvalue weighted by Crippen LogP contribution is 2.56. The van der Waals surface area contributed by atoms with Gasteiger partial charge in [-0.2, -0.15) is 8.42 Å². The lowest BCUT2D eigenvalue weighted by molar-refractivity contribution is -0.132. The number of ether oxygens (including phenoxy) is 2. The van der Waals surface area contributed by atoms with E-state index >= 15 is 0 Å². The van der Waals surface area contributed by atoms with E-state index in [1.807, 2.05) is 37.3 Å². The molecule has 0 bridgehead atoms. The Morgan fingerprint density at radius 1 is 0.667 bits per heavy atom. The van der Waals surface area contributed by atoms with E-state index < -0.39 is 35.9 Å². The first-order chi connectivity index (χ1) is 18.6. The second-order valence-electron chi connectivity index (χ2n) is 8.73. The van der Waals surface area contributed by atoms with E-state index in [4.69, 9.17) is 13.4 Å². The zero-order chi connectivity index (χ0) is 28.0. The van der Waals surface area contributed by atoms with Crippen molar-refractivity contribution in [1.82, 2.24) is 0 Å². The molecule has 4 aromatic carbocycles. The summed E-state index contributed by atoms with van der Waals surface area (Å²) in [6, 6.07) is 29.4. The summed E-state index contributed by atoms with van der Waals surface area (Å²) in [5, 5.41) is 0.710. The molecule has 200 valence electrons. The minimum absolute atomic E-state index is 0.0608. The Labute approximate surface area is 229 Å². The van der Waals surface area contributed by atoms with Crippen LogP contribution in [0, 0.1) is 6.92 Å². The molecule has 9 heteroatoms. The van der Waals surface area contributed by atoms with Gasteiger partial charge in [0.2, 0.25) is 0 Å². The fraction of sp³-hybridized carbons (Fsp3) is 0.133. The normalized spacial score (nSPS) is 12.1. The summed E-state index contributed by atoms with van der Waals surface area (Å²) in [6.45, 7) is 4.52. The molecule has 0 aliphatic carbocycles. The molecule has 7 nitrogen and oxygen atoms in total. The van der Waals surface area contributed by atoms with Gasteiger partial charge in [0.1, 0.15) is 11.5 Å². The van der Waals surface area contributed by atoms with E-state index in [0.717, 1.165) is 16.7 Å². The first-order valence-corrected chi connectivity index (χ1v) is 14.8. The van der Waals surface area contributed by atoms with Crippen molar-refractivity contribution >= 4 is 35.5 Å². The van der Waals surface area contributed by atoms with Gasteiger partial charge < -0.3 is 9.47 Å². The van der Waals surface area contributed by atoms with Gasteiger partial charge in [-0.1, -0.05) is 72.3 Å². The zero-order valence-corrected chi connectivity index (χ0v) is 23.3. The minimum atomic E-state index is -4.14. The summed E-state index contributed by atoms with van der Waals surface area (Å²) < 4.78 is 43.5. The first-order valence-electron chi connectivity index (χ1n) is 12.0. The molecule has 0 amide bonds. The maximum absolute atomic E-state index is 13.5. The predicted molar refractivity (Wildman–Crippen MR) is 150 cm³/mol. The average molecular weight is 563 g/mol. The Bertz CT molecular complexity index is 1470. The standard InChI is InChI=1S/C30H27O7PS/c1-21-9-19-29(20-10-21)39(33,34)37-38(28-7-5-4-6-8-28)30(24-11-15-26(16-12-24)35-22(2)31)25-13-17-27(18-14-25)36-23(3)32/h4-20,30H,1-3H3. The maximum Gasteiger partial charge on any atom is 0.308 e. The molecule has 4 aromatic rings. The van der Waals surface area contributed by atoms with Gasteiger partial charge in [-0.15, -0.1) is 0 Å². The Kier molecular flexibility index (Phi) is 8.92. The van der Waals surface area contributed by atoms with Crippen molar-refractivity contribution in [2.45, 2.75) is 31.3 Å². The van der Waals surface area contributed by atoms with Crippen molar-refractivity contribution < 1.29 is 31.5 Å². The highest BCUT2D eigenvalue weighted by Gasteiger charge is 2.33. The average Bonchev–Trinajstić information content (AvgIpc) is 2.90. The van der Waals surface area contributed by atoms with E-state index in [0.29, 0.717) is 16.8 Å². The zero-order valence-electron chi connectivity index (χ0n) is 21.6. The quantitative estimate of drug-likeness (QED) is 0.139. The summed E-state index contributed by atoms with van der Waals surface area (Å²) in [5.41, 5.74) is 1.89. The first kappa shape index (κ1) is 28.2. The van der Waals surface area contributed by atoms with E-state index in [9.17, 15) is 18.0 Å². The second kappa shape index (κ2) is 12.3. The molecule has 0 aromatic heterocycles. The molecule has 1 atom stereocenters. The van der Waals surface area contributed by atoms with Crippen LogP contribution in [-0.2, 0) is 23.7 Å². The van der Waals surface area contributed by atoms with E-state index in [2.05, 4.69) is 0 Å². The topological polar surface area (TPSA) is 96.0 Å². The van der Waals surface area contributed by atoms with Crippen molar-refractivity contribution in [3.63, 3.8) is 0 Å². The van der Waals surface area contributed by atoms with Gasteiger partial charge in [0.15, 0.2) is 0 Å². The van der Waals surface area contributed by atoms with E-state index in [-0.39, 0.29) is 4.90 Å². The number of benzene rings is 4. The summed E-state index contributed by atoms with van der Waals surface area (Å²) in [5.74, 6) is -0.154. The molecule has 1 unspecified atom stereocenters. The number of carbonyl (C=O) groups excluding carboxylic acids is 2. The van der Waals surface area contributed by atoms with Crippen molar-refractivity contribution in [2.24, 2.45) is 0 Å². The molecule has 0 heterocycles. The molecule has 39 heavy (non-hydrogen) atoms. The fourth-order valence-corrected chi connectivity index (χ4v) is 7.89. The van der Waals surface area contributed by atoms with Crippen molar-refractivity contribution in [2.75, 3.05) is 0 Å². The molecule has 0 aliphatic heterocycles. The van der Waals surface area contributed by atoms with Crippen LogP contribution in [0.15, 0.2) is 108 Å². The van der Waals surface area contributed by atoms with Crippen LogP contribution in [0.1, 0.15) is 36.2 Å². The van der Waals surface area contributed by atoms with Crippen LogP contribution < -0.4 is 14.8 Å². The summed E-state index contributed by atoms with van der Waals surface area (Å²) >= 11 is 0. The van der Waals surface area contributed by atoms with Gasteiger partial charge >= 0.3 is 11.9 Å². The predicted octanol–water partition coefficient (Wildman–Crippen LogP) is 6.06. The summed E-state index contributed by atoms with van der Waals surface area (Å²) in [6.07, 6.45) is 0. The Balaban J connectivity index is 1.84. The second-order valence-corrected chi connectivity index (χ2v) is 12.4. The maximum atomic E-state index is 13.5. The number of rotatable bonds is 9. The van der Waals surface area contributed by atoms with Crippen LogP contribution in [-0.4, -0.2) is 20.4 Å². The van der Waals surface area contributed by atoms with Gasteiger partial charge in [-0.3, -0.25) is 9.59 Å². The third-order valence-electron chi connectivity index (χ3n) is 5.65. The lowest BCUT2D eigenvalue weighted by Gasteiger charge is -2.28. The highest BCUT2D eigenvalue weighted by atomic mass is 32.2. The molecular formula is C30H27O7PS. The molecule has 0 aliphatic rings. The van der Waals surface area contributed by atoms with Crippen LogP contribution in [0.2, 0.25) is 0 Å². The van der Waals surface area contributed by atoms with E-state index in [1.54, 1.807) is 60.7 Å². The molecule has 0 saturated heterocycles. The van der Waals surface area contributed by atoms with Crippen molar-refractivity contribution in [3.05, 3.63) is 120 Å². The Morgan fingerprint density at radius 3 is 1.56 bits per heavy atom.